The Bertz CT molecular complexity index is 1060. The molecule has 9 nitrogen and oxygen atoms in total. The number of nitrogens with two attached hydrogens (primary N) is 1. The largest absolute Gasteiger partial charge is 0.383 e. The Morgan fingerprint density at radius 2 is 1.97 bits per heavy atom. The van der Waals surface area contributed by atoms with Crippen LogP contribution >= 0.6 is 0 Å². The van der Waals surface area contributed by atoms with E-state index < -0.39 is 11.2 Å². The van der Waals surface area contributed by atoms with E-state index in [4.69, 9.17) is 10.5 Å². The summed E-state index contributed by atoms with van der Waals surface area (Å²) in [5.74, 6) is -0.212. The fourth-order valence-electron chi connectivity index (χ4n) is 4.85. The van der Waals surface area contributed by atoms with Crippen molar-refractivity contribution in [2.75, 3.05) is 36.9 Å². The van der Waals surface area contributed by atoms with Crippen molar-refractivity contribution in [1.82, 2.24) is 14.5 Å². The number of carbonyl (C=O) groups excluding carboxylic acids is 1. The normalized spacial score (nSPS) is 21.2. The zero-order valence-electron chi connectivity index (χ0n) is 18.5. The van der Waals surface area contributed by atoms with Crippen LogP contribution in [-0.2, 0) is 16.1 Å². The molecule has 1 saturated carbocycles. The van der Waals surface area contributed by atoms with Gasteiger partial charge in [0.25, 0.3) is 5.56 Å². The number of aromatic nitrogens is 2. The molecular weight excluding hydrogens is 410 g/mol. The second-order valence-corrected chi connectivity index (χ2v) is 8.43. The highest BCUT2D eigenvalue weighted by Crippen LogP contribution is 2.28. The number of rotatable bonds is 6. The average molecular weight is 442 g/mol. The number of hydrogen-bond donors (Lipinski definition) is 2. The number of fused-ring (bicyclic) bond motifs is 1. The van der Waals surface area contributed by atoms with Gasteiger partial charge in [-0.2, -0.15) is 0 Å². The third-order valence-electron chi connectivity index (χ3n) is 6.47. The standard InChI is InChI=1S/C23H31N5O4/c1-2-27(19(29)15-26-12-13-32-18-11-7-6-10-17(18)26)20-21(24)28(23(31)25-22(20)30)14-16-8-4-3-5-9-16/h3-5,8-9,17-18H,2,6-7,10-15,24H2,1H3,(H,25,30,31). The molecule has 172 valence electrons. The van der Waals surface area contributed by atoms with Crippen LogP contribution in [0, 0.1) is 0 Å². The molecule has 0 bridgehead atoms. The number of aromatic amines is 1. The quantitative estimate of drug-likeness (QED) is 0.696. The van der Waals surface area contributed by atoms with Crippen molar-refractivity contribution in [2.24, 2.45) is 0 Å². The van der Waals surface area contributed by atoms with Gasteiger partial charge in [0.15, 0.2) is 5.69 Å². The van der Waals surface area contributed by atoms with E-state index in [2.05, 4.69) is 9.88 Å². The van der Waals surface area contributed by atoms with Gasteiger partial charge in [0, 0.05) is 19.1 Å². The van der Waals surface area contributed by atoms with Crippen LogP contribution in [0.4, 0.5) is 11.5 Å². The third kappa shape index (κ3) is 4.49. The lowest BCUT2D eigenvalue weighted by Crippen LogP contribution is -2.56. The Balaban J connectivity index is 1.60. The summed E-state index contributed by atoms with van der Waals surface area (Å²) >= 11 is 0. The van der Waals surface area contributed by atoms with Gasteiger partial charge >= 0.3 is 5.69 Å². The first-order valence-electron chi connectivity index (χ1n) is 11.3. The average Bonchev–Trinajstić information content (AvgIpc) is 2.80. The molecule has 2 aromatic rings. The van der Waals surface area contributed by atoms with Crippen molar-refractivity contribution in [1.29, 1.82) is 0 Å². The number of nitrogens with one attached hydrogen (secondary N) is 1. The lowest BCUT2D eigenvalue weighted by molar-refractivity contribution is -0.127. The number of carbonyl (C=O) groups is 1. The van der Waals surface area contributed by atoms with Crippen molar-refractivity contribution >= 4 is 17.4 Å². The molecule has 1 amide bonds. The van der Waals surface area contributed by atoms with E-state index in [9.17, 15) is 14.4 Å². The number of nitrogens with zero attached hydrogens (tertiary/aromatic N) is 3. The molecule has 2 heterocycles. The third-order valence-corrected chi connectivity index (χ3v) is 6.47. The highest BCUT2D eigenvalue weighted by atomic mass is 16.5. The molecule has 0 spiro atoms. The van der Waals surface area contributed by atoms with Crippen LogP contribution < -0.4 is 21.9 Å². The summed E-state index contributed by atoms with van der Waals surface area (Å²) in [6, 6.07) is 9.59. The minimum Gasteiger partial charge on any atom is -0.383 e. The van der Waals surface area contributed by atoms with Gasteiger partial charge in [0.1, 0.15) is 5.82 Å². The highest BCUT2D eigenvalue weighted by Gasteiger charge is 2.36. The zero-order chi connectivity index (χ0) is 22.7. The molecule has 32 heavy (non-hydrogen) atoms. The first-order valence-corrected chi connectivity index (χ1v) is 11.3. The molecule has 1 aliphatic heterocycles. The maximum atomic E-state index is 13.3. The molecule has 2 aliphatic rings. The van der Waals surface area contributed by atoms with E-state index in [-0.39, 0.29) is 49.2 Å². The van der Waals surface area contributed by atoms with Gasteiger partial charge in [-0.3, -0.25) is 24.0 Å². The Labute approximate surface area is 186 Å². The molecule has 1 aliphatic carbocycles. The number of nitrogen functional groups attached to an aromatic ring is 1. The summed E-state index contributed by atoms with van der Waals surface area (Å²) < 4.78 is 7.21. The molecule has 2 atom stereocenters. The zero-order valence-corrected chi connectivity index (χ0v) is 18.5. The lowest BCUT2D eigenvalue weighted by atomic mass is 9.90. The molecule has 4 rings (SSSR count). The van der Waals surface area contributed by atoms with Crippen LogP contribution in [0.5, 0.6) is 0 Å². The van der Waals surface area contributed by atoms with Crippen molar-refractivity contribution in [3.63, 3.8) is 0 Å². The van der Waals surface area contributed by atoms with Gasteiger partial charge in [-0.25, -0.2) is 4.79 Å². The van der Waals surface area contributed by atoms with Gasteiger partial charge in [0.05, 0.1) is 25.8 Å². The predicted molar refractivity (Wildman–Crippen MR) is 123 cm³/mol. The summed E-state index contributed by atoms with van der Waals surface area (Å²) in [5.41, 5.74) is 5.95. The van der Waals surface area contributed by atoms with E-state index in [0.717, 1.165) is 31.2 Å². The smallest absolute Gasteiger partial charge is 0.330 e. The SMILES string of the molecule is CCN(C(=O)CN1CCOC2CCCCC21)c1c(N)n(Cc2ccccc2)c(=O)[nH]c1=O. The first-order chi connectivity index (χ1) is 15.5. The summed E-state index contributed by atoms with van der Waals surface area (Å²) in [4.78, 5) is 44.4. The minimum absolute atomic E-state index is 0.00433. The summed E-state index contributed by atoms with van der Waals surface area (Å²) in [6.45, 7) is 3.75. The van der Waals surface area contributed by atoms with Gasteiger partial charge in [-0.1, -0.05) is 43.2 Å². The summed E-state index contributed by atoms with van der Waals surface area (Å²) in [5, 5.41) is 0. The maximum absolute atomic E-state index is 13.3. The van der Waals surface area contributed by atoms with E-state index in [1.54, 1.807) is 6.92 Å². The van der Waals surface area contributed by atoms with Crippen LogP contribution in [0.25, 0.3) is 0 Å². The van der Waals surface area contributed by atoms with Crippen LogP contribution in [0.1, 0.15) is 38.2 Å². The molecule has 1 aromatic carbocycles. The molecule has 3 N–H and O–H groups in total. The van der Waals surface area contributed by atoms with Gasteiger partial charge in [0.2, 0.25) is 5.91 Å². The monoisotopic (exact) mass is 441 g/mol. The number of morpholine rings is 1. The van der Waals surface area contributed by atoms with Crippen molar-refractivity contribution in [3.05, 3.63) is 56.7 Å². The number of hydrogen-bond acceptors (Lipinski definition) is 6. The molecule has 9 heteroatoms. The van der Waals surface area contributed by atoms with E-state index in [1.165, 1.54) is 9.47 Å². The minimum atomic E-state index is -0.649. The Morgan fingerprint density at radius 1 is 1.22 bits per heavy atom. The Morgan fingerprint density at radius 3 is 2.72 bits per heavy atom. The fourth-order valence-corrected chi connectivity index (χ4v) is 4.85. The number of H-pyrrole nitrogens is 1. The molecule has 2 fully saturated rings. The number of anilines is 2. The first kappa shape index (κ1) is 22.3. The van der Waals surface area contributed by atoms with Crippen molar-refractivity contribution < 1.29 is 9.53 Å². The van der Waals surface area contributed by atoms with Crippen LogP contribution in [0.15, 0.2) is 39.9 Å². The number of benzene rings is 1. The number of amides is 1. The lowest BCUT2D eigenvalue weighted by Gasteiger charge is -2.43. The van der Waals surface area contributed by atoms with Crippen LogP contribution in [0.3, 0.4) is 0 Å². The molecular formula is C23H31N5O4. The maximum Gasteiger partial charge on any atom is 0.330 e. The van der Waals surface area contributed by atoms with Gasteiger partial charge in [-0.15, -0.1) is 0 Å². The second-order valence-electron chi connectivity index (χ2n) is 8.43. The molecule has 1 saturated heterocycles. The summed E-state index contributed by atoms with van der Waals surface area (Å²) in [6.07, 6.45) is 4.48. The van der Waals surface area contributed by atoms with E-state index in [1.807, 2.05) is 30.3 Å². The topological polar surface area (TPSA) is 114 Å². The van der Waals surface area contributed by atoms with Crippen LogP contribution in [0.2, 0.25) is 0 Å². The van der Waals surface area contributed by atoms with Crippen molar-refractivity contribution in [2.45, 2.75) is 51.3 Å². The van der Waals surface area contributed by atoms with Gasteiger partial charge < -0.3 is 15.4 Å². The highest BCUT2D eigenvalue weighted by molar-refractivity contribution is 5.96. The Kier molecular flexibility index (Phi) is 6.76. The fraction of sp³-hybridized carbons (Fsp3) is 0.522. The second kappa shape index (κ2) is 9.70. The Hall–Kier alpha value is -2.91. The van der Waals surface area contributed by atoms with E-state index >= 15 is 0 Å². The van der Waals surface area contributed by atoms with Gasteiger partial charge in [-0.05, 0) is 25.3 Å². The van der Waals surface area contributed by atoms with Crippen molar-refractivity contribution in [3.8, 4) is 0 Å². The molecule has 1 aromatic heterocycles. The van der Waals surface area contributed by atoms with E-state index in [0.29, 0.717) is 13.2 Å². The summed E-state index contributed by atoms with van der Waals surface area (Å²) in [7, 11) is 0. The number of likely N-dealkylation sites (N-methyl/N-ethyl adjacent to an activating group) is 1. The predicted octanol–water partition coefficient (Wildman–Crippen LogP) is 1.16. The number of ether oxygens (including phenoxy) is 1. The van der Waals surface area contributed by atoms with Crippen LogP contribution in [-0.4, -0.2) is 58.7 Å². The molecule has 0 radical (unpaired) electrons. The molecule has 2 unspecified atom stereocenters.